The van der Waals surface area contributed by atoms with Crippen LogP contribution in [-0.4, -0.2) is 66.4 Å². The molecule has 0 saturated carbocycles. The Balaban J connectivity index is 2.28. The van der Waals surface area contributed by atoms with Gasteiger partial charge in [-0.3, -0.25) is 0 Å². The largest absolute Gasteiger partial charge is 0.334 e. The van der Waals surface area contributed by atoms with Crippen molar-refractivity contribution >= 4 is 0 Å². The highest BCUT2D eigenvalue weighted by Gasteiger charge is 2.61. The van der Waals surface area contributed by atoms with Crippen molar-refractivity contribution in [2.45, 2.75) is 112 Å². The molecule has 0 radical (unpaired) electrons. The number of rotatable bonds is 9. The summed E-state index contributed by atoms with van der Waals surface area (Å²) in [5.74, 6) is 0. The Bertz CT molecular complexity index is 778. The molecule has 0 aromatic heterocycles. The van der Waals surface area contributed by atoms with E-state index in [1.165, 1.54) is 12.8 Å². The normalized spacial score (nSPS) is 31.9. The molecule has 3 heterocycles. The van der Waals surface area contributed by atoms with Crippen LogP contribution in [0.5, 0.6) is 0 Å². The Morgan fingerprint density at radius 2 is 0.800 bits per heavy atom. The van der Waals surface area contributed by atoms with Crippen molar-refractivity contribution < 1.29 is 0 Å². The molecule has 3 saturated heterocycles. The zero-order chi connectivity index (χ0) is 25.5. The van der Waals surface area contributed by atoms with Gasteiger partial charge in [0.2, 0.25) is 0 Å². The van der Waals surface area contributed by atoms with Crippen molar-refractivity contribution in [2.24, 2.45) is 0 Å². The topological polar surface area (TPSA) is 19.4 Å². The molecule has 0 aliphatic carbocycles. The molecule has 4 unspecified atom stereocenters. The lowest BCUT2D eigenvalue weighted by Gasteiger charge is -2.54. The van der Waals surface area contributed by atoms with E-state index in [4.69, 9.17) is 0 Å². The first kappa shape index (κ1) is 26.8. The second kappa shape index (κ2) is 12.3. The van der Waals surface area contributed by atoms with Gasteiger partial charge in [0.15, 0.2) is 0 Å². The number of nitrogens with zero attached hydrogens (tertiary/aromatic N) is 6. The molecular formula is C29H48N6. The van der Waals surface area contributed by atoms with Gasteiger partial charge in [-0.15, -0.1) is 0 Å². The number of hydrogen-bond donors (Lipinski definition) is 0. The molecule has 6 nitrogen and oxygen atoms in total. The fourth-order valence-electron chi connectivity index (χ4n) is 6.13. The standard InChI is InChI=1S/C29H48N6/c1-9-16-17-25-32(20-12-4)28-29(33(25)21-13-5)35(23-15-7)27-26(34(28)22-14-6)30(18-10-2)24(8)31(27)19-11-3/h10-15,18-29H,9,16-17H2,1-8H3/b18-10+,19-11+,20-12+,21-13+,22-14+,23-15+. The summed E-state index contributed by atoms with van der Waals surface area (Å²) in [5.41, 5.74) is 0. The van der Waals surface area contributed by atoms with Gasteiger partial charge in [-0.1, -0.05) is 49.8 Å². The maximum Gasteiger partial charge on any atom is 0.144 e. The minimum atomic E-state index is 0.163. The van der Waals surface area contributed by atoms with E-state index in [9.17, 15) is 0 Å². The van der Waals surface area contributed by atoms with Gasteiger partial charge in [-0.05, 0) is 98.5 Å². The van der Waals surface area contributed by atoms with E-state index in [2.05, 4.69) is 158 Å². The molecule has 0 N–H and O–H groups in total. The first-order valence-corrected chi connectivity index (χ1v) is 13.5. The van der Waals surface area contributed by atoms with Crippen LogP contribution in [0.25, 0.3) is 0 Å². The van der Waals surface area contributed by atoms with Gasteiger partial charge in [0.25, 0.3) is 0 Å². The van der Waals surface area contributed by atoms with Crippen LogP contribution in [-0.2, 0) is 0 Å². The van der Waals surface area contributed by atoms with Crippen molar-refractivity contribution in [2.75, 3.05) is 0 Å². The third-order valence-corrected chi connectivity index (χ3v) is 7.27. The minimum Gasteiger partial charge on any atom is -0.334 e. The van der Waals surface area contributed by atoms with Crippen LogP contribution in [0, 0.1) is 0 Å². The van der Waals surface area contributed by atoms with Crippen molar-refractivity contribution in [3.63, 3.8) is 0 Å². The lowest BCUT2D eigenvalue weighted by Crippen LogP contribution is -2.70. The fraction of sp³-hybridized carbons (Fsp3) is 0.586. The van der Waals surface area contributed by atoms with E-state index >= 15 is 0 Å². The summed E-state index contributed by atoms with van der Waals surface area (Å²) in [7, 11) is 0. The van der Waals surface area contributed by atoms with Crippen LogP contribution in [0.1, 0.15) is 74.7 Å². The number of fused-ring (bicyclic) bond motifs is 2. The lowest BCUT2D eigenvalue weighted by molar-refractivity contribution is -0.0929. The number of unbranched alkanes of at least 4 members (excludes halogenated alkanes) is 1. The van der Waals surface area contributed by atoms with Crippen LogP contribution in [0.2, 0.25) is 0 Å². The SMILES string of the molecule is C/C=C/N1C(C)N(/C=C/C)C2C1N(/C=C/C)C1C(N(/C=C/C)C(CCCC)N1/C=C/C)N2/C=C/C. The predicted molar refractivity (Wildman–Crippen MR) is 148 cm³/mol. The smallest absolute Gasteiger partial charge is 0.144 e. The van der Waals surface area contributed by atoms with E-state index in [1.54, 1.807) is 0 Å². The quantitative estimate of drug-likeness (QED) is 0.388. The summed E-state index contributed by atoms with van der Waals surface area (Å²) in [4.78, 5) is 15.5. The van der Waals surface area contributed by atoms with Crippen LogP contribution >= 0.6 is 0 Å². The molecule has 0 amide bonds. The summed E-state index contributed by atoms with van der Waals surface area (Å²) in [5, 5.41) is 0. The average Bonchev–Trinajstić information content (AvgIpc) is 3.28. The van der Waals surface area contributed by atoms with Gasteiger partial charge in [0.05, 0.1) is 0 Å². The molecule has 194 valence electrons. The highest BCUT2D eigenvalue weighted by Crippen LogP contribution is 2.46. The van der Waals surface area contributed by atoms with E-state index in [-0.39, 0.29) is 30.8 Å². The summed E-state index contributed by atoms with van der Waals surface area (Å²) in [6.07, 6.45) is 31.7. The van der Waals surface area contributed by atoms with Crippen LogP contribution < -0.4 is 0 Å². The first-order chi connectivity index (χ1) is 17.1. The Hall–Kier alpha value is -2.76. The molecule has 0 bridgehead atoms. The Kier molecular flexibility index (Phi) is 9.41. The zero-order valence-electron chi connectivity index (χ0n) is 23.2. The molecule has 3 rings (SSSR count). The van der Waals surface area contributed by atoms with E-state index in [1.807, 2.05) is 0 Å². The zero-order valence-corrected chi connectivity index (χ0v) is 23.2. The molecule has 3 aliphatic heterocycles. The van der Waals surface area contributed by atoms with Gasteiger partial charge < -0.3 is 29.4 Å². The number of piperazine rings is 1. The fourth-order valence-corrected chi connectivity index (χ4v) is 6.13. The molecule has 3 aliphatic rings. The number of allylic oxidation sites excluding steroid dienone is 6. The maximum absolute atomic E-state index is 2.61. The minimum absolute atomic E-state index is 0.163. The molecule has 0 aromatic rings. The predicted octanol–water partition coefficient (Wildman–Crippen LogP) is 6.21. The van der Waals surface area contributed by atoms with Crippen molar-refractivity contribution in [3.8, 4) is 0 Å². The summed E-state index contributed by atoms with van der Waals surface area (Å²) >= 11 is 0. The molecule has 6 heteroatoms. The van der Waals surface area contributed by atoms with Crippen LogP contribution in [0.4, 0.5) is 0 Å². The molecule has 3 fully saturated rings. The Morgan fingerprint density at radius 1 is 0.486 bits per heavy atom. The van der Waals surface area contributed by atoms with E-state index in [0.717, 1.165) is 6.42 Å². The van der Waals surface area contributed by atoms with Crippen molar-refractivity contribution in [3.05, 3.63) is 73.7 Å². The molecule has 0 aromatic carbocycles. The first-order valence-electron chi connectivity index (χ1n) is 13.5. The molecule has 35 heavy (non-hydrogen) atoms. The van der Waals surface area contributed by atoms with Gasteiger partial charge in [0.1, 0.15) is 37.0 Å². The van der Waals surface area contributed by atoms with E-state index < -0.39 is 0 Å². The lowest BCUT2D eigenvalue weighted by atomic mass is 10.1. The molecule has 4 atom stereocenters. The van der Waals surface area contributed by atoms with Gasteiger partial charge in [0, 0.05) is 0 Å². The van der Waals surface area contributed by atoms with Gasteiger partial charge in [-0.25, -0.2) is 0 Å². The van der Waals surface area contributed by atoms with Crippen LogP contribution in [0.15, 0.2) is 73.7 Å². The summed E-state index contributed by atoms with van der Waals surface area (Å²) < 4.78 is 0. The van der Waals surface area contributed by atoms with Crippen LogP contribution in [0.3, 0.4) is 0 Å². The summed E-state index contributed by atoms with van der Waals surface area (Å²) in [6, 6.07) is 0. The van der Waals surface area contributed by atoms with E-state index in [0.29, 0.717) is 6.17 Å². The Morgan fingerprint density at radius 3 is 1.14 bits per heavy atom. The molecular weight excluding hydrogens is 432 g/mol. The third kappa shape index (κ3) is 4.72. The monoisotopic (exact) mass is 480 g/mol. The summed E-state index contributed by atoms with van der Waals surface area (Å²) in [6.45, 7) is 17.4. The second-order valence-corrected chi connectivity index (χ2v) is 9.49. The maximum atomic E-state index is 2.61. The van der Waals surface area contributed by atoms with Gasteiger partial charge >= 0.3 is 0 Å². The molecule has 0 spiro atoms. The second-order valence-electron chi connectivity index (χ2n) is 9.49. The Labute approximate surface area is 214 Å². The highest BCUT2D eigenvalue weighted by atomic mass is 15.7. The number of hydrogen-bond acceptors (Lipinski definition) is 6. The van der Waals surface area contributed by atoms with Crippen molar-refractivity contribution in [1.82, 2.24) is 29.4 Å². The average molecular weight is 481 g/mol. The highest BCUT2D eigenvalue weighted by molar-refractivity contribution is 5.19. The third-order valence-electron chi connectivity index (χ3n) is 7.27. The van der Waals surface area contributed by atoms with Gasteiger partial charge in [-0.2, -0.15) is 0 Å². The van der Waals surface area contributed by atoms with Crippen molar-refractivity contribution in [1.29, 1.82) is 0 Å².